The number of benzene rings is 1. The van der Waals surface area contributed by atoms with Gasteiger partial charge in [0.15, 0.2) is 11.6 Å². The molecule has 212 valence electrons. The van der Waals surface area contributed by atoms with E-state index in [0.717, 1.165) is 28.1 Å². The molecule has 4 N–H and O–H groups in total. The predicted molar refractivity (Wildman–Crippen MR) is 149 cm³/mol. The first-order valence-corrected chi connectivity index (χ1v) is 13.6. The van der Waals surface area contributed by atoms with Crippen molar-refractivity contribution in [2.75, 3.05) is 32.2 Å². The van der Waals surface area contributed by atoms with E-state index in [-0.39, 0.29) is 17.8 Å². The predicted octanol–water partition coefficient (Wildman–Crippen LogP) is 3.67. The maximum absolute atomic E-state index is 14.9. The van der Waals surface area contributed by atoms with E-state index in [4.69, 9.17) is 9.47 Å². The lowest BCUT2D eigenvalue weighted by molar-refractivity contribution is -0.0490. The van der Waals surface area contributed by atoms with Crippen LogP contribution < -0.4 is 15.4 Å². The van der Waals surface area contributed by atoms with Crippen molar-refractivity contribution >= 4 is 33.3 Å². The van der Waals surface area contributed by atoms with Gasteiger partial charge in [-0.1, -0.05) is 0 Å². The monoisotopic (exact) mass is 570 g/mol. The van der Waals surface area contributed by atoms with Crippen LogP contribution in [0.5, 0.6) is 11.5 Å². The standard InChI is InChI=1S/C27H31FN6O5S/c1-33-18(14-34(9-10-38-2)24(36)15-35)13-30-26(33)23-12-20-25(40-23)22(7-8-29-20)39-21-6-5-17(11-19(21)28)32-27(37)31-16-3-4-16/h5-8,11-13,16,24,35-36H,3-4,9-10,14-15H2,1-2H3,(H2,31,32,37). The van der Waals surface area contributed by atoms with Crippen LogP contribution in [0.15, 0.2) is 42.7 Å². The second kappa shape index (κ2) is 12.3. The molecule has 1 fully saturated rings. The molecular weight excluding hydrogens is 539 g/mol. The summed E-state index contributed by atoms with van der Waals surface area (Å²) in [5.41, 5.74) is 1.84. The maximum atomic E-state index is 14.9. The number of hydrogen-bond donors (Lipinski definition) is 4. The first-order valence-electron chi connectivity index (χ1n) is 12.8. The summed E-state index contributed by atoms with van der Waals surface area (Å²) in [6.45, 7) is 0.808. The number of carbonyl (C=O) groups excluding carboxylic acids is 1. The minimum atomic E-state index is -1.02. The minimum absolute atomic E-state index is 0.0217. The highest BCUT2D eigenvalue weighted by Gasteiger charge is 2.23. The van der Waals surface area contributed by atoms with Crippen molar-refractivity contribution in [3.05, 3.63) is 54.2 Å². The number of aromatic nitrogens is 3. The number of thiophene rings is 1. The molecule has 4 aromatic rings. The van der Waals surface area contributed by atoms with Crippen molar-refractivity contribution < 1.29 is 28.9 Å². The first-order chi connectivity index (χ1) is 19.4. The first kappa shape index (κ1) is 27.9. The van der Waals surface area contributed by atoms with Gasteiger partial charge in [0, 0.05) is 57.3 Å². The number of nitrogens with one attached hydrogen (secondary N) is 2. The van der Waals surface area contributed by atoms with Crippen LogP contribution >= 0.6 is 11.3 Å². The Labute approximate surface area is 234 Å². The van der Waals surface area contributed by atoms with E-state index in [9.17, 15) is 19.4 Å². The van der Waals surface area contributed by atoms with Crippen molar-refractivity contribution in [1.82, 2.24) is 24.8 Å². The fourth-order valence-electron chi connectivity index (χ4n) is 4.15. The van der Waals surface area contributed by atoms with Gasteiger partial charge in [-0.05, 0) is 31.0 Å². The van der Waals surface area contributed by atoms with Crippen molar-refractivity contribution in [1.29, 1.82) is 0 Å². The Balaban J connectivity index is 1.34. The summed E-state index contributed by atoms with van der Waals surface area (Å²) in [6, 6.07) is 7.69. The van der Waals surface area contributed by atoms with Crippen molar-refractivity contribution in [2.24, 2.45) is 7.05 Å². The number of ether oxygens (including phenoxy) is 2. The summed E-state index contributed by atoms with van der Waals surface area (Å²) in [6.07, 6.45) is 4.22. The number of aliphatic hydroxyl groups is 2. The Hall–Kier alpha value is -3.62. The molecule has 5 rings (SSSR count). The summed E-state index contributed by atoms with van der Waals surface area (Å²) in [5, 5.41) is 25.1. The van der Waals surface area contributed by atoms with Gasteiger partial charge in [-0.3, -0.25) is 9.88 Å². The van der Waals surface area contributed by atoms with Crippen LogP contribution in [0.4, 0.5) is 14.9 Å². The number of imidazole rings is 1. The van der Waals surface area contributed by atoms with Crippen LogP contribution in [0.1, 0.15) is 18.5 Å². The number of anilines is 1. The molecule has 0 saturated heterocycles. The van der Waals surface area contributed by atoms with Crippen LogP contribution in [0.2, 0.25) is 0 Å². The van der Waals surface area contributed by atoms with Gasteiger partial charge >= 0.3 is 6.03 Å². The van der Waals surface area contributed by atoms with Gasteiger partial charge in [0.2, 0.25) is 0 Å². The van der Waals surface area contributed by atoms with E-state index in [1.54, 1.807) is 36.5 Å². The Morgan fingerprint density at radius 3 is 2.83 bits per heavy atom. The van der Waals surface area contributed by atoms with Gasteiger partial charge in [-0.15, -0.1) is 11.3 Å². The third-order valence-electron chi connectivity index (χ3n) is 6.54. The smallest absolute Gasteiger partial charge is 0.319 e. The average Bonchev–Trinajstić information content (AvgIpc) is 3.52. The number of fused-ring (bicyclic) bond motifs is 1. The zero-order chi connectivity index (χ0) is 28.2. The Kier molecular flexibility index (Phi) is 8.57. The molecule has 0 aliphatic heterocycles. The number of nitrogens with zero attached hydrogens (tertiary/aromatic N) is 4. The molecule has 1 aliphatic carbocycles. The summed E-state index contributed by atoms with van der Waals surface area (Å²) in [4.78, 5) is 23.5. The Bertz CT molecular complexity index is 1490. The molecule has 1 aliphatic rings. The molecule has 2 amide bonds. The highest BCUT2D eigenvalue weighted by atomic mass is 32.1. The number of halogens is 1. The molecule has 1 unspecified atom stereocenters. The van der Waals surface area contributed by atoms with Gasteiger partial charge in [-0.2, -0.15) is 0 Å². The third kappa shape index (κ3) is 6.40. The van der Waals surface area contributed by atoms with Crippen LogP contribution in [0.3, 0.4) is 0 Å². The van der Waals surface area contributed by atoms with Crippen molar-refractivity contribution in [3.8, 4) is 22.2 Å². The van der Waals surface area contributed by atoms with E-state index in [1.165, 1.54) is 23.5 Å². The van der Waals surface area contributed by atoms with Gasteiger partial charge < -0.3 is 34.9 Å². The van der Waals surface area contributed by atoms with E-state index >= 15 is 0 Å². The maximum Gasteiger partial charge on any atom is 0.319 e. The van der Waals surface area contributed by atoms with Crippen LogP contribution in [0, 0.1) is 5.82 Å². The molecular formula is C27H31FN6O5S. The summed E-state index contributed by atoms with van der Waals surface area (Å²) < 4.78 is 28.6. The number of pyridine rings is 1. The molecule has 1 atom stereocenters. The number of rotatable bonds is 12. The second-order valence-electron chi connectivity index (χ2n) is 9.51. The number of methoxy groups -OCH3 is 1. The SMILES string of the molecule is COCCN(Cc1cnc(-c2cc3nccc(Oc4ccc(NC(=O)NC5CC5)cc4F)c3s2)n1C)C(O)CO. The van der Waals surface area contributed by atoms with Gasteiger partial charge in [-0.25, -0.2) is 14.2 Å². The molecule has 1 saturated carbocycles. The zero-order valence-corrected chi connectivity index (χ0v) is 22.9. The second-order valence-corrected chi connectivity index (χ2v) is 10.6. The number of carbonyl (C=O) groups is 1. The molecule has 3 heterocycles. The number of aliphatic hydroxyl groups excluding tert-OH is 2. The highest BCUT2D eigenvalue weighted by molar-refractivity contribution is 7.22. The lowest BCUT2D eigenvalue weighted by atomic mass is 10.3. The fourth-order valence-corrected chi connectivity index (χ4v) is 5.25. The lowest BCUT2D eigenvalue weighted by Gasteiger charge is -2.26. The molecule has 0 radical (unpaired) electrons. The van der Waals surface area contributed by atoms with Gasteiger partial charge in [0.05, 0.1) is 40.2 Å². The molecule has 13 heteroatoms. The van der Waals surface area contributed by atoms with Crippen molar-refractivity contribution in [2.45, 2.75) is 31.7 Å². The Morgan fingerprint density at radius 2 is 2.10 bits per heavy atom. The minimum Gasteiger partial charge on any atom is -0.453 e. The highest BCUT2D eigenvalue weighted by Crippen LogP contribution is 2.39. The molecule has 1 aromatic carbocycles. The third-order valence-corrected chi connectivity index (χ3v) is 7.67. The number of urea groups is 1. The van der Waals surface area contributed by atoms with E-state index in [2.05, 4.69) is 20.6 Å². The number of amides is 2. The summed E-state index contributed by atoms with van der Waals surface area (Å²) in [7, 11) is 3.46. The summed E-state index contributed by atoms with van der Waals surface area (Å²) >= 11 is 1.41. The lowest BCUT2D eigenvalue weighted by Crippen LogP contribution is -2.39. The quantitative estimate of drug-likeness (QED) is 0.190. The number of hydrogen-bond acceptors (Lipinski definition) is 9. The van der Waals surface area contributed by atoms with E-state index < -0.39 is 18.7 Å². The molecule has 0 spiro atoms. The van der Waals surface area contributed by atoms with Crippen LogP contribution in [-0.4, -0.2) is 74.8 Å². The van der Waals surface area contributed by atoms with E-state index in [1.807, 2.05) is 17.7 Å². The molecule has 0 bridgehead atoms. The zero-order valence-electron chi connectivity index (χ0n) is 22.1. The summed E-state index contributed by atoms with van der Waals surface area (Å²) in [5.74, 6) is 0.551. The molecule has 11 nitrogen and oxygen atoms in total. The topological polar surface area (TPSA) is 134 Å². The Morgan fingerprint density at radius 1 is 1.27 bits per heavy atom. The normalized spacial score (nSPS) is 14.1. The van der Waals surface area contributed by atoms with Gasteiger partial charge in [0.25, 0.3) is 0 Å². The fraction of sp³-hybridized carbons (Fsp3) is 0.370. The largest absolute Gasteiger partial charge is 0.453 e. The molecule has 40 heavy (non-hydrogen) atoms. The van der Waals surface area contributed by atoms with Crippen molar-refractivity contribution in [3.63, 3.8) is 0 Å². The van der Waals surface area contributed by atoms with Crippen LogP contribution in [0.25, 0.3) is 20.9 Å². The van der Waals surface area contributed by atoms with E-state index in [0.29, 0.717) is 42.5 Å². The van der Waals surface area contributed by atoms with Crippen LogP contribution in [-0.2, 0) is 18.3 Å². The molecule has 3 aromatic heterocycles. The van der Waals surface area contributed by atoms with Gasteiger partial charge in [0.1, 0.15) is 17.8 Å². The average molecular weight is 571 g/mol.